The van der Waals surface area contributed by atoms with E-state index in [0.29, 0.717) is 28.8 Å². The van der Waals surface area contributed by atoms with Crippen molar-refractivity contribution in [3.05, 3.63) is 39.2 Å². The fraction of sp³-hybridized carbons (Fsp3) is 0.312. The van der Waals surface area contributed by atoms with Crippen molar-refractivity contribution in [3.63, 3.8) is 0 Å². The Morgan fingerprint density at radius 1 is 1.48 bits per heavy atom. The Morgan fingerprint density at radius 3 is 2.96 bits per heavy atom. The van der Waals surface area contributed by atoms with Crippen molar-refractivity contribution >= 4 is 62.2 Å². The average molecular weight is 414 g/mol. The van der Waals surface area contributed by atoms with E-state index in [-0.39, 0.29) is 18.3 Å². The molecule has 1 aromatic rings. The number of hydrogen-bond donors (Lipinski definition) is 0. The fourth-order valence-electron chi connectivity index (χ4n) is 2.06. The molecule has 122 valence electrons. The average Bonchev–Trinajstić information content (AvgIpc) is 2.75. The number of hydrogen-bond acceptors (Lipinski definition) is 5. The maximum absolute atomic E-state index is 12.4. The molecule has 23 heavy (non-hydrogen) atoms. The first-order valence-electron chi connectivity index (χ1n) is 7.18. The van der Waals surface area contributed by atoms with Crippen LogP contribution in [0, 0.1) is 0 Å². The summed E-state index contributed by atoms with van der Waals surface area (Å²) in [4.78, 5) is 25.9. The number of carbonyl (C=O) groups excluding carboxylic acids is 2. The third-order valence-electron chi connectivity index (χ3n) is 3.09. The minimum Gasteiger partial charge on any atom is -0.466 e. The van der Waals surface area contributed by atoms with Crippen LogP contribution in [0.2, 0.25) is 0 Å². The highest BCUT2D eigenvalue weighted by Crippen LogP contribution is 2.33. The zero-order valence-corrected chi connectivity index (χ0v) is 15.8. The smallest absolute Gasteiger partial charge is 0.305 e. The monoisotopic (exact) mass is 413 g/mol. The predicted molar refractivity (Wildman–Crippen MR) is 99.9 cm³/mol. The van der Waals surface area contributed by atoms with Crippen molar-refractivity contribution in [1.82, 2.24) is 4.90 Å². The van der Waals surface area contributed by atoms with E-state index < -0.39 is 0 Å². The quantitative estimate of drug-likeness (QED) is 0.400. The molecule has 0 radical (unpaired) electrons. The summed E-state index contributed by atoms with van der Waals surface area (Å²) in [6.07, 6.45) is 2.65. The molecule has 0 atom stereocenters. The molecule has 0 aliphatic carbocycles. The molecule has 1 aliphatic heterocycles. The van der Waals surface area contributed by atoms with Gasteiger partial charge in [-0.15, -0.1) is 0 Å². The highest BCUT2D eigenvalue weighted by Gasteiger charge is 2.31. The number of rotatable bonds is 6. The van der Waals surface area contributed by atoms with Gasteiger partial charge < -0.3 is 4.74 Å². The molecule has 0 N–H and O–H groups in total. The molecule has 4 nitrogen and oxygen atoms in total. The molecule has 1 saturated heterocycles. The van der Waals surface area contributed by atoms with E-state index in [2.05, 4.69) is 15.9 Å². The normalized spacial score (nSPS) is 16.3. The van der Waals surface area contributed by atoms with E-state index in [4.69, 9.17) is 17.0 Å². The topological polar surface area (TPSA) is 46.6 Å². The Labute approximate surface area is 153 Å². The first kappa shape index (κ1) is 18.2. The summed E-state index contributed by atoms with van der Waals surface area (Å²) in [5.41, 5.74) is 0.936. The van der Waals surface area contributed by atoms with Gasteiger partial charge >= 0.3 is 5.97 Å². The Bertz CT molecular complexity index is 660. The van der Waals surface area contributed by atoms with Crippen molar-refractivity contribution in [1.29, 1.82) is 0 Å². The standard InChI is InChI=1S/C16H16BrNO3S2/c1-2-21-14(19)7-4-8-18-15(20)13(23-16(18)22)10-11-5-3-6-12(17)9-11/h3,5-6,9-10H,2,4,7-8H2,1H3. The van der Waals surface area contributed by atoms with Crippen molar-refractivity contribution in [2.45, 2.75) is 19.8 Å². The Kier molecular flexibility index (Phi) is 6.80. The lowest BCUT2D eigenvalue weighted by Gasteiger charge is -2.13. The van der Waals surface area contributed by atoms with E-state index >= 15 is 0 Å². The van der Waals surface area contributed by atoms with Gasteiger partial charge in [0.05, 0.1) is 11.5 Å². The Morgan fingerprint density at radius 2 is 2.26 bits per heavy atom. The molecule has 1 aromatic carbocycles. The maximum atomic E-state index is 12.4. The molecular weight excluding hydrogens is 398 g/mol. The van der Waals surface area contributed by atoms with Gasteiger partial charge in [0.25, 0.3) is 5.91 Å². The zero-order valence-electron chi connectivity index (χ0n) is 12.6. The summed E-state index contributed by atoms with van der Waals surface area (Å²) >= 11 is 9.97. The Hall–Kier alpha value is -1.18. The van der Waals surface area contributed by atoms with Gasteiger partial charge in [-0.05, 0) is 37.1 Å². The van der Waals surface area contributed by atoms with E-state index in [9.17, 15) is 9.59 Å². The number of halogens is 1. The SMILES string of the molecule is CCOC(=O)CCCN1C(=O)C(=Cc2cccc(Br)c2)SC1=S. The number of carbonyl (C=O) groups is 2. The number of benzene rings is 1. The van der Waals surface area contributed by atoms with Crippen LogP contribution in [-0.2, 0) is 14.3 Å². The molecule has 0 spiro atoms. The van der Waals surface area contributed by atoms with E-state index in [1.165, 1.54) is 11.8 Å². The van der Waals surface area contributed by atoms with Gasteiger partial charge in [-0.3, -0.25) is 14.5 Å². The summed E-state index contributed by atoms with van der Waals surface area (Å²) in [5, 5.41) is 0. The van der Waals surface area contributed by atoms with Crippen LogP contribution in [0.5, 0.6) is 0 Å². The second-order valence-corrected chi connectivity index (χ2v) is 7.39. The molecule has 1 amide bonds. The zero-order chi connectivity index (χ0) is 16.8. The first-order valence-corrected chi connectivity index (χ1v) is 9.19. The van der Waals surface area contributed by atoms with E-state index in [1.54, 1.807) is 11.8 Å². The molecule has 2 rings (SSSR count). The van der Waals surface area contributed by atoms with Crippen LogP contribution in [0.15, 0.2) is 33.6 Å². The number of ether oxygens (including phenoxy) is 1. The molecular formula is C16H16BrNO3S2. The van der Waals surface area contributed by atoms with Gasteiger partial charge in [0.15, 0.2) is 0 Å². The lowest BCUT2D eigenvalue weighted by Crippen LogP contribution is -2.29. The number of esters is 1. The minimum absolute atomic E-state index is 0.108. The highest BCUT2D eigenvalue weighted by molar-refractivity contribution is 9.10. The molecule has 1 aliphatic rings. The minimum atomic E-state index is -0.248. The summed E-state index contributed by atoms with van der Waals surface area (Å²) in [5.74, 6) is -0.355. The van der Waals surface area contributed by atoms with Crippen molar-refractivity contribution in [2.75, 3.05) is 13.2 Å². The molecule has 7 heteroatoms. The van der Waals surface area contributed by atoms with Gasteiger partial charge in [0.1, 0.15) is 4.32 Å². The summed E-state index contributed by atoms with van der Waals surface area (Å²) < 4.78 is 6.36. The Balaban J connectivity index is 1.98. The second kappa shape index (κ2) is 8.61. The first-order chi connectivity index (χ1) is 11.0. The highest BCUT2D eigenvalue weighted by atomic mass is 79.9. The van der Waals surface area contributed by atoms with Crippen LogP contribution >= 0.6 is 39.9 Å². The van der Waals surface area contributed by atoms with Gasteiger partial charge in [-0.2, -0.15) is 0 Å². The number of amides is 1. The van der Waals surface area contributed by atoms with Crippen LogP contribution in [0.3, 0.4) is 0 Å². The van der Waals surface area contributed by atoms with Crippen LogP contribution < -0.4 is 0 Å². The molecule has 1 heterocycles. The van der Waals surface area contributed by atoms with Crippen LogP contribution in [0.4, 0.5) is 0 Å². The molecule has 0 aromatic heterocycles. The van der Waals surface area contributed by atoms with Crippen molar-refractivity contribution < 1.29 is 14.3 Å². The van der Waals surface area contributed by atoms with Gasteiger partial charge in [-0.1, -0.05) is 52.0 Å². The predicted octanol–water partition coefficient (Wildman–Crippen LogP) is 3.99. The van der Waals surface area contributed by atoms with Gasteiger partial charge in [0.2, 0.25) is 0 Å². The second-order valence-electron chi connectivity index (χ2n) is 4.80. The lowest BCUT2D eigenvalue weighted by atomic mass is 10.2. The van der Waals surface area contributed by atoms with Crippen LogP contribution in [0.25, 0.3) is 6.08 Å². The summed E-state index contributed by atoms with van der Waals surface area (Å²) in [6, 6.07) is 7.71. The number of nitrogens with zero attached hydrogens (tertiary/aromatic N) is 1. The van der Waals surface area contributed by atoms with Crippen LogP contribution in [-0.4, -0.2) is 34.2 Å². The van der Waals surface area contributed by atoms with E-state index in [0.717, 1.165) is 10.0 Å². The van der Waals surface area contributed by atoms with Crippen molar-refractivity contribution in [2.24, 2.45) is 0 Å². The van der Waals surface area contributed by atoms with E-state index in [1.807, 2.05) is 30.3 Å². The van der Waals surface area contributed by atoms with Gasteiger partial charge in [-0.25, -0.2) is 0 Å². The third-order valence-corrected chi connectivity index (χ3v) is 4.96. The molecule has 0 bridgehead atoms. The van der Waals surface area contributed by atoms with Gasteiger partial charge in [0, 0.05) is 17.4 Å². The number of thioether (sulfide) groups is 1. The fourth-order valence-corrected chi connectivity index (χ4v) is 3.78. The third kappa shape index (κ3) is 5.16. The van der Waals surface area contributed by atoms with Crippen molar-refractivity contribution in [3.8, 4) is 0 Å². The summed E-state index contributed by atoms with van der Waals surface area (Å²) in [7, 11) is 0. The largest absolute Gasteiger partial charge is 0.466 e. The van der Waals surface area contributed by atoms with Crippen LogP contribution in [0.1, 0.15) is 25.3 Å². The summed E-state index contributed by atoms with van der Waals surface area (Å²) in [6.45, 7) is 2.57. The molecule has 0 saturated carbocycles. The molecule has 1 fully saturated rings. The number of thiocarbonyl (C=S) groups is 1. The molecule has 0 unspecified atom stereocenters. The lowest BCUT2D eigenvalue weighted by molar-refractivity contribution is -0.143. The maximum Gasteiger partial charge on any atom is 0.305 e.